The van der Waals surface area contributed by atoms with E-state index < -0.39 is 0 Å². The van der Waals surface area contributed by atoms with Crippen LogP contribution in [0.5, 0.6) is 0 Å². The van der Waals surface area contributed by atoms with Crippen LogP contribution in [-0.2, 0) is 4.79 Å². The number of amides is 1. The topological polar surface area (TPSA) is 78.6 Å². The van der Waals surface area contributed by atoms with Crippen molar-refractivity contribution in [2.75, 3.05) is 31.6 Å². The first-order valence-corrected chi connectivity index (χ1v) is 6.23. The summed E-state index contributed by atoms with van der Waals surface area (Å²) in [6.45, 7) is 4.11. The molecule has 2 N–H and O–H groups in total. The van der Waals surface area contributed by atoms with Gasteiger partial charge in [0.25, 0.3) is 0 Å². The molecule has 2 heterocycles. The summed E-state index contributed by atoms with van der Waals surface area (Å²) in [5, 5.41) is 15.5. The number of nitrogens with one attached hydrogen (secondary N) is 1. The van der Waals surface area contributed by atoms with Crippen LogP contribution >= 0.6 is 0 Å². The summed E-state index contributed by atoms with van der Waals surface area (Å²) in [4.78, 5) is 13.8. The third kappa shape index (κ3) is 3.54. The molecule has 0 spiro atoms. The number of carbonyl (C=O) groups is 1. The molecule has 0 atom stereocenters. The molecule has 1 aromatic heterocycles. The minimum absolute atomic E-state index is 0.0780. The van der Waals surface area contributed by atoms with Gasteiger partial charge in [0.05, 0.1) is 6.54 Å². The Hall–Kier alpha value is -1.40. The Balaban J connectivity index is 1.75. The van der Waals surface area contributed by atoms with Crippen molar-refractivity contribution in [2.45, 2.75) is 19.8 Å². The van der Waals surface area contributed by atoms with E-state index in [4.69, 9.17) is 9.63 Å². The molecule has 1 aliphatic heterocycles. The predicted octanol–water partition coefficient (Wildman–Crippen LogP) is 0.626. The summed E-state index contributed by atoms with van der Waals surface area (Å²) in [5.74, 6) is 1.45. The van der Waals surface area contributed by atoms with E-state index in [1.54, 1.807) is 13.0 Å². The Labute approximate surface area is 106 Å². The van der Waals surface area contributed by atoms with E-state index in [0.717, 1.165) is 25.9 Å². The number of carbonyl (C=O) groups excluding carboxylic acids is 1. The zero-order valence-corrected chi connectivity index (χ0v) is 10.6. The van der Waals surface area contributed by atoms with Crippen LogP contribution in [0.1, 0.15) is 18.6 Å². The van der Waals surface area contributed by atoms with Gasteiger partial charge in [-0.1, -0.05) is 5.16 Å². The lowest BCUT2D eigenvalue weighted by molar-refractivity contribution is -0.117. The standard InChI is InChI=1S/C12H19N3O3/c1-9-6-11(14-18-9)13-12(17)7-15-4-2-10(8-16)3-5-15/h6,10,16H,2-5,7-8H2,1H3,(H,13,14,17). The molecule has 0 bridgehead atoms. The van der Waals surface area contributed by atoms with Gasteiger partial charge in [-0.3, -0.25) is 9.69 Å². The van der Waals surface area contributed by atoms with Crippen LogP contribution < -0.4 is 5.32 Å². The third-order valence-corrected chi connectivity index (χ3v) is 3.23. The molecular weight excluding hydrogens is 234 g/mol. The fourth-order valence-electron chi connectivity index (χ4n) is 2.14. The van der Waals surface area contributed by atoms with Gasteiger partial charge in [-0.25, -0.2) is 0 Å². The van der Waals surface area contributed by atoms with Crippen LogP contribution in [0.15, 0.2) is 10.6 Å². The number of anilines is 1. The second kappa shape index (κ2) is 5.97. The van der Waals surface area contributed by atoms with Crippen molar-refractivity contribution in [2.24, 2.45) is 5.92 Å². The molecule has 1 saturated heterocycles. The SMILES string of the molecule is Cc1cc(NC(=O)CN2CCC(CO)CC2)no1. The van der Waals surface area contributed by atoms with E-state index in [1.807, 2.05) is 0 Å². The van der Waals surface area contributed by atoms with Crippen molar-refractivity contribution in [1.82, 2.24) is 10.1 Å². The van der Waals surface area contributed by atoms with Crippen LogP contribution in [0, 0.1) is 12.8 Å². The molecule has 18 heavy (non-hydrogen) atoms. The molecule has 1 fully saturated rings. The van der Waals surface area contributed by atoms with Crippen molar-refractivity contribution >= 4 is 11.7 Å². The molecule has 6 nitrogen and oxygen atoms in total. The summed E-state index contributed by atoms with van der Waals surface area (Å²) >= 11 is 0. The third-order valence-electron chi connectivity index (χ3n) is 3.23. The minimum Gasteiger partial charge on any atom is -0.396 e. The number of nitrogens with zero attached hydrogens (tertiary/aromatic N) is 2. The highest BCUT2D eigenvalue weighted by Gasteiger charge is 2.20. The molecule has 1 amide bonds. The fraction of sp³-hybridized carbons (Fsp3) is 0.667. The molecule has 1 aromatic rings. The van der Waals surface area contributed by atoms with Gasteiger partial charge in [0.2, 0.25) is 5.91 Å². The monoisotopic (exact) mass is 253 g/mol. The lowest BCUT2D eigenvalue weighted by Crippen LogP contribution is -2.39. The summed E-state index contributed by atoms with van der Waals surface area (Å²) < 4.78 is 4.88. The Kier molecular flexibility index (Phi) is 4.33. The van der Waals surface area contributed by atoms with Crippen molar-refractivity contribution in [3.8, 4) is 0 Å². The van der Waals surface area contributed by atoms with Gasteiger partial charge in [0.1, 0.15) is 5.76 Å². The van der Waals surface area contributed by atoms with Gasteiger partial charge < -0.3 is 14.9 Å². The molecule has 0 aliphatic carbocycles. The summed E-state index contributed by atoms with van der Waals surface area (Å²) in [6, 6.07) is 1.69. The normalized spacial score (nSPS) is 17.9. The number of aryl methyl sites for hydroxylation is 1. The van der Waals surface area contributed by atoms with Crippen LogP contribution in [0.2, 0.25) is 0 Å². The minimum atomic E-state index is -0.0780. The molecular formula is C12H19N3O3. The largest absolute Gasteiger partial charge is 0.396 e. The maximum absolute atomic E-state index is 11.8. The van der Waals surface area contributed by atoms with Crippen LogP contribution in [0.4, 0.5) is 5.82 Å². The highest BCUT2D eigenvalue weighted by atomic mass is 16.5. The average molecular weight is 253 g/mol. The maximum Gasteiger partial charge on any atom is 0.239 e. The second-order valence-corrected chi connectivity index (χ2v) is 4.77. The van der Waals surface area contributed by atoms with E-state index in [2.05, 4.69) is 15.4 Å². The number of aliphatic hydroxyl groups excluding tert-OH is 1. The lowest BCUT2D eigenvalue weighted by atomic mass is 9.98. The zero-order valence-electron chi connectivity index (χ0n) is 10.6. The quantitative estimate of drug-likeness (QED) is 0.822. The molecule has 100 valence electrons. The summed E-state index contributed by atoms with van der Waals surface area (Å²) in [5.41, 5.74) is 0. The number of hydrogen-bond donors (Lipinski definition) is 2. The average Bonchev–Trinajstić information content (AvgIpc) is 2.75. The number of hydrogen-bond acceptors (Lipinski definition) is 5. The molecule has 0 unspecified atom stereocenters. The highest BCUT2D eigenvalue weighted by molar-refractivity contribution is 5.91. The fourth-order valence-corrected chi connectivity index (χ4v) is 2.14. The van der Waals surface area contributed by atoms with E-state index in [1.165, 1.54) is 0 Å². The Morgan fingerprint density at radius 1 is 1.61 bits per heavy atom. The first kappa shape index (κ1) is 13.0. The lowest BCUT2D eigenvalue weighted by Gasteiger charge is -2.30. The molecule has 2 rings (SSSR count). The molecule has 0 radical (unpaired) electrons. The highest BCUT2D eigenvalue weighted by Crippen LogP contribution is 2.16. The predicted molar refractivity (Wildman–Crippen MR) is 66.1 cm³/mol. The van der Waals surface area contributed by atoms with Gasteiger partial charge in [0.15, 0.2) is 5.82 Å². The summed E-state index contributed by atoms with van der Waals surface area (Å²) in [7, 11) is 0. The maximum atomic E-state index is 11.8. The van der Waals surface area contributed by atoms with Gasteiger partial charge in [-0.2, -0.15) is 0 Å². The van der Waals surface area contributed by atoms with E-state index in [9.17, 15) is 4.79 Å². The van der Waals surface area contributed by atoms with Gasteiger partial charge in [-0.05, 0) is 38.8 Å². The number of aliphatic hydroxyl groups is 1. The van der Waals surface area contributed by atoms with Crippen molar-refractivity contribution in [3.05, 3.63) is 11.8 Å². The van der Waals surface area contributed by atoms with Gasteiger partial charge in [0, 0.05) is 12.7 Å². The Morgan fingerprint density at radius 3 is 2.89 bits per heavy atom. The number of rotatable bonds is 4. The zero-order chi connectivity index (χ0) is 13.0. The van der Waals surface area contributed by atoms with Crippen LogP contribution in [0.25, 0.3) is 0 Å². The molecule has 0 saturated carbocycles. The first-order valence-electron chi connectivity index (χ1n) is 6.23. The Morgan fingerprint density at radius 2 is 2.33 bits per heavy atom. The van der Waals surface area contributed by atoms with E-state index >= 15 is 0 Å². The van der Waals surface area contributed by atoms with Crippen LogP contribution in [0.3, 0.4) is 0 Å². The van der Waals surface area contributed by atoms with Crippen molar-refractivity contribution < 1.29 is 14.4 Å². The number of aromatic nitrogens is 1. The van der Waals surface area contributed by atoms with E-state index in [0.29, 0.717) is 24.0 Å². The van der Waals surface area contributed by atoms with E-state index in [-0.39, 0.29) is 12.5 Å². The molecule has 1 aliphatic rings. The molecule has 0 aromatic carbocycles. The first-order chi connectivity index (χ1) is 8.67. The Bertz CT molecular complexity index is 397. The molecule has 6 heteroatoms. The van der Waals surface area contributed by atoms with Crippen molar-refractivity contribution in [1.29, 1.82) is 0 Å². The van der Waals surface area contributed by atoms with Gasteiger partial charge >= 0.3 is 0 Å². The number of piperidine rings is 1. The summed E-state index contributed by atoms with van der Waals surface area (Å²) in [6.07, 6.45) is 1.90. The van der Waals surface area contributed by atoms with Gasteiger partial charge in [-0.15, -0.1) is 0 Å². The smallest absolute Gasteiger partial charge is 0.239 e. The van der Waals surface area contributed by atoms with Crippen molar-refractivity contribution in [3.63, 3.8) is 0 Å². The second-order valence-electron chi connectivity index (χ2n) is 4.77. The number of likely N-dealkylation sites (tertiary alicyclic amines) is 1. The van der Waals surface area contributed by atoms with Crippen LogP contribution in [-0.4, -0.2) is 47.3 Å².